The Balaban J connectivity index is 1.78. The summed E-state index contributed by atoms with van der Waals surface area (Å²) in [6.07, 6.45) is 3.35. The van der Waals surface area contributed by atoms with Crippen molar-refractivity contribution in [2.24, 2.45) is 5.92 Å². The molecule has 132 valence electrons. The molecular formula is C22H27NO2. The number of nitrogens with one attached hydrogen (secondary N) is 1. The fraction of sp³-hybridized carbons (Fsp3) is 0.409. The van der Waals surface area contributed by atoms with Crippen LogP contribution in [0.2, 0.25) is 0 Å². The maximum absolute atomic E-state index is 13.1. The lowest BCUT2D eigenvalue weighted by Crippen LogP contribution is -2.37. The van der Waals surface area contributed by atoms with E-state index in [9.17, 15) is 4.79 Å². The van der Waals surface area contributed by atoms with Gasteiger partial charge in [-0.2, -0.15) is 0 Å². The van der Waals surface area contributed by atoms with E-state index in [0.29, 0.717) is 5.92 Å². The van der Waals surface area contributed by atoms with Gasteiger partial charge in [0.2, 0.25) is 5.91 Å². The molecule has 0 saturated heterocycles. The largest absolute Gasteiger partial charge is 0.457 e. The molecule has 0 saturated carbocycles. The average molecular weight is 337 g/mol. The molecule has 0 bridgehead atoms. The van der Waals surface area contributed by atoms with Crippen LogP contribution in [0.3, 0.4) is 0 Å². The highest BCUT2D eigenvalue weighted by atomic mass is 16.5. The molecule has 25 heavy (non-hydrogen) atoms. The summed E-state index contributed by atoms with van der Waals surface area (Å²) in [6.45, 7) is 6.56. The van der Waals surface area contributed by atoms with Crippen LogP contribution in [0, 0.1) is 5.92 Å². The van der Waals surface area contributed by atoms with Crippen LogP contribution in [0.25, 0.3) is 0 Å². The summed E-state index contributed by atoms with van der Waals surface area (Å²) in [5, 5.41) is 3.21. The zero-order chi connectivity index (χ0) is 17.8. The van der Waals surface area contributed by atoms with Gasteiger partial charge in [0.1, 0.15) is 11.5 Å². The predicted octanol–water partition coefficient (Wildman–Crippen LogP) is 5.26. The minimum Gasteiger partial charge on any atom is -0.457 e. The molecule has 0 aromatic heterocycles. The van der Waals surface area contributed by atoms with Gasteiger partial charge < -0.3 is 10.1 Å². The van der Waals surface area contributed by atoms with Crippen molar-refractivity contribution in [2.75, 3.05) is 0 Å². The van der Waals surface area contributed by atoms with E-state index >= 15 is 0 Å². The molecule has 0 spiro atoms. The number of rotatable bonds is 6. The third-order valence-electron chi connectivity index (χ3n) is 4.75. The first-order valence-electron chi connectivity index (χ1n) is 9.22. The van der Waals surface area contributed by atoms with Gasteiger partial charge in [-0.3, -0.25) is 4.79 Å². The van der Waals surface area contributed by atoms with Crippen LogP contribution in [-0.2, 0) is 4.79 Å². The first-order valence-corrected chi connectivity index (χ1v) is 9.22. The molecule has 0 fully saturated rings. The number of para-hydroxylation sites is 2. The summed E-state index contributed by atoms with van der Waals surface area (Å²) in [4.78, 5) is 13.1. The van der Waals surface area contributed by atoms with E-state index < -0.39 is 0 Å². The van der Waals surface area contributed by atoms with Crippen molar-refractivity contribution in [2.45, 2.75) is 52.0 Å². The number of hydrogen-bond donors (Lipinski definition) is 1. The van der Waals surface area contributed by atoms with Crippen molar-refractivity contribution in [1.82, 2.24) is 5.32 Å². The zero-order valence-electron chi connectivity index (χ0n) is 15.3. The molecule has 3 nitrogen and oxygen atoms in total. The van der Waals surface area contributed by atoms with Crippen molar-refractivity contribution in [3.63, 3.8) is 0 Å². The summed E-state index contributed by atoms with van der Waals surface area (Å²) in [5.74, 6) is 1.99. The van der Waals surface area contributed by atoms with Crippen molar-refractivity contribution in [1.29, 1.82) is 0 Å². The second kappa shape index (κ2) is 7.73. The monoisotopic (exact) mass is 337 g/mol. The van der Waals surface area contributed by atoms with Crippen LogP contribution < -0.4 is 10.1 Å². The summed E-state index contributed by atoms with van der Waals surface area (Å²) in [7, 11) is 0. The van der Waals surface area contributed by atoms with Gasteiger partial charge in [-0.1, -0.05) is 63.1 Å². The number of carbonyl (C=O) groups excluding carboxylic acids is 1. The molecule has 1 amide bonds. The second-order valence-electron chi connectivity index (χ2n) is 7.35. The highest BCUT2D eigenvalue weighted by Gasteiger charge is 2.32. The first-order chi connectivity index (χ1) is 12.1. The Labute approximate surface area is 150 Å². The van der Waals surface area contributed by atoms with Gasteiger partial charge in [0.05, 0.1) is 5.92 Å². The zero-order valence-corrected chi connectivity index (χ0v) is 15.3. The van der Waals surface area contributed by atoms with Gasteiger partial charge in [0.25, 0.3) is 0 Å². The summed E-state index contributed by atoms with van der Waals surface area (Å²) in [6, 6.07) is 15.8. The van der Waals surface area contributed by atoms with Crippen LogP contribution in [0.4, 0.5) is 0 Å². The number of carbonyl (C=O) groups is 1. The maximum atomic E-state index is 13.1. The smallest absolute Gasteiger partial charge is 0.232 e. The SMILES string of the molecule is CC(C)CCC[C@H](C)NC(=O)C1c2ccccc2Oc2ccccc21. The van der Waals surface area contributed by atoms with Gasteiger partial charge in [-0.05, 0) is 31.4 Å². The molecule has 0 aliphatic carbocycles. The molecule has 0 radical (unpaired) electrons. The lowest BCUT2D eigenvalue weighted by atomic mass is 9.87. The van der Waals surface area contributed by atoms with Crippen molar-refractivity contribution in [3.05, 3.63) is 59.7 Å². The second-order valence-corrected chi connectivity index (χ2v) is 7.35. The molecular weight excluding hydrogens is 310 g/mol. The van der Waals surface area contributed by atoms with Crippen LogP contribution in [-0.4, -0.2) is 11.9 Å². The van der Waals surface area contributed by atoms with Crippen LogP contribution in [0.1, 0.15) is 57.1 Å². The standard InChI is InChI=1S/C22H27NO2/c1-15(2)9-8-10-16(3)23-22(24)21-17-11-4-6-13-19(17)25-20-14-7-5-12-18(20)21/h4-7,11-16,21H,8-10H2,1-3H3,(H,23,24)/t16-/m0/s1. The van der Waals surface area contributed by atoms with E-state index in [4.69, 9.17) is 4.74 Å². The fourth-order valence-electron chi connectivity index (χ4n) is 3.42. The van der Waals surface area contributed by atoms with E-state index in [1.54, 1.807) is 0 Å². The molecule has 0 unspecified atom stereocenters. The van der Waals surface area contributed by atoms with Crippen LogP contribution in [0.15, 0.2) is 48.5 Å². The van der Waals surface area contributed by atoms with E-state index in [0.717, 1.165) is 35.5 Å². The fourth-order valence-corrected chi connectivity index (χ4v) is 3.42. The van der Waals surface area contributed by atoms with Gasteiger partial charge in [0, 0.05) is 17.2 Å². The van der Waals surface area contributed by atoms with Gasteiger partial charge >= 0.3 is 0 Å². The van der Waals surface area contributed by atoms with E-state index in [2.05, 4.69) is 26.1 Å². The quantitative estimate of drug-likeness (QED) is 0.781. The Kier molecular flexibility index (Phi) is 5.42. The highest BCUT2D eigenvalue weighted by Crippen LogP contribution is 2.43. The predicted molar refractivity (Wildman–Crippen MR) is 101 cm³/mol. The molecule has 1 N–H and O–H groups in total. The Morgan fingerprint density at radius 1 is 0.960 bits per heavy atom. The number of hydrogen-bond acceptors (Lipinski definition) is 2. The molecule has 1 aliphatic rings. The maximum Gasteiger partial charge on any atom is 0.232 e. The minimum atomic E-state index is -0.311. The van der Waals surface area contributed by atoms with Gasteiger partial charge in [0.15, 0.2) is 0 Å². The number of fused-ring (bicyclic) bond motifs is 2. The van der Waals surface area contributed by atoms with E-state index in [1.807, 2.05) is 48.5 Å². The topological polar surface area (TPSA) is 38.3 Å². The van der Waals surface area contributed by atoms with Crippen LogP contribution >= 0.6 is 0 Å². The number of amides is 1. The molecule has 1 atom stereocenters. The average Bonchev–Trinajstić information content (AvgIpc) is 2.59. The van der Waals surface area contributed by atoms with E-state index in [-0.39, 0.29) is 17.9 Å². The number of ether oxygens (including phenoxy) is 1. The molecule has 3 heteroatoms. The normalized spacial score (nSPS) is 14.4. The summed E-state index contributed by atoms with van der Waals surface area (Å²) in [5.41, 5.74) is 1.88. The Morgan fingerprint density at radius 2 is 1.52 bits per heavy atom. The summed E-state index contributed by atoms with van der Waals surface area (Å²) < 4.78 is 5.97. The third kappa shape index (κ3) is 4.04. The van der Waals surface area contributed by atoms with Crippen molar-refractivity contribution in [3.8, 4) is 11.5 Å². The lowest BCUT2D eigenvalue weighted by molar-refractivity contribution is -0.122. The minimum absolute atomic E-state index is 0.0558. The molecule has 2 aromatic carbocycles. The molecule has 2 aromatic rings. The highest BCUT2D eigenvalue weighted by molar-refractivity contribution is 5.89. The van der Waals surface area contributed by atoms with Gasteiger partial charge in [-0.25, -0.2) is 0 Å². The van der Waals surface area contributed by atoms with E-state index in [1.165, 1.54) is 6.42 Å². The lowest BCUT2D eigenvalue weighted by Gasteiger charge is -2.28. The molecule has 1 heterocycles. The van der Waals surface area contributed by atoms with Crippen molar-refractivity contribution >= 4 is 5.91 Å². The number of benzene rings is 2. The Morgan fingerprint density at radius 3 is 2.08 bits per heavy atom. The first kappa shape index (κ1) is 17.5. The third-order valence-corrected chi connectivity index (χ3v) is 4.75. The Bertz CT molecular complexity index is 693. The summed E-state index contributed by atoms with van der Waals surface area (Å²) >= 11 is 0. The molecule has 1 aliphatic heterocycles. The van der Waals surface area contributed by atoms with Gasteiger partial charge in [-0.15, -0.1) is 0 Å². The van der Waals surface area contributed by atoms with Crippen LogP contribution in [0.5, 0.6) is 11.5 Å². The van der Waals surface area contributed by atoms with Crippen molar-refractivity contribution < 1.29 is 9.53 Å². The molecule has 3 rings (SSSR count). The Hall–Kier alpha value is -2.29.